The molecule has 0 aliphatic heterocycles. The van der Waals surface area contributed by atoms with Gasteiger partial charge in [0.2, 0.25) is 5.78 Å². The maximum atomic E-state index is 12.9. The lowest BCUT2D eigenvalue weighted by Gasteiger charge is -2.13. The van der Waals surface area contributed by atoms with Crippen LogP contribution >= 0.6 is 0 Å². The highest BCUT2D eigenvalue weighted by Gasteiger charge is 2.24. The number of nitrogens with zero attached hydrogens (tertiary/aromatic N) is 4. The lowest BCUT2D eigenvalue weighted by Crippen LogP contribution is -2.30. The predicted octanol–water partition coefficient (Wildman–Crippen LogP) is 1.73. The minimum Gasteiger partial charge on any atom is -0.453 e. The number of benzene rings is 1. The van der Waals surface area contributed by atoms with E-state index in [1.165, 1.54) is 24.1 Å². The van der Waals surface area contributed by atoms with Gasteiger partial charge in [0.25, 0.3) is 5.56 Å². The van der Waals surface area contributed by atoms with E-state index in [4.69, 9.17) is 4.74 Å². The largest absolute Gasteiger partial charge is 0.453 e. The summed E-state index contributed by atoms with van der Waals surface area (Å²) in [5.41, 5.74) is 2.08. The van der Waals surface area contributed by atoms with E-state index in [1.807, 2.05) is 24.3 Å². The smallest absolute Gasteiger partial charge is 0.326 e. The average Bonchev–Trinajstić information content (AvgIpc) is 3.23. The van der Waals surface area contributed by atoms with Gasteiger partial charge in [-0.2, -0.15) is 5.10 Å². The minimum absolute atomic E-state index is 0.304. The number of carbonyl (C=O) groups excluding carboxylic acids is 2. The number of aryl methyl sites for hydroxylation is 2. The minimum atomic E-state index is -0.994. The number of rotatable bonds is 5. The first kappa shape index (κ1) is 18.6. The molecule has 0 fully saturated rings. The Kier molecular flexibility index (Phi) is 4.50. The fraction of sp³-hybridized carbons (Fsp3) is 0.250. The third-order valence-electron chi connectivity index (χ3n) is 4.84. The van der Waals surface area contributed by atoms with Crippen LogP contribution in [0, 0.1) is 6.92 Å². The second-order valence-electron chi connectivity index (χ2n) is 6.85. The molecule has 3 heterocycles. The fourth-order valence-corrected chi connectivity index (χ4v) is 3.40. The highest BCUT2D eigenvalue weighted by Crippen LogP contribution is 2.23. The normalized spacial score (nSPS) is 12.4. The Labute approximate surface area is 164 Å². The van der Waals surface area contributed by atoms with E-state index < -0.39 is 17.6 Å². The Bertz CT molecular complexity index is 1310. The number of Topliss-reactive ketones (excluding diaryl/α,β-unsaturated/α-hetero) is 1. The molecule has 1 aromatic carbocycles. The van der Waals surface area contributed by atoms with Gasteiger partial charge >= 0.3 is 5.97 Å². The van der Waals surface area contributed by atoms with Crippen molar-refractivity contribution in [2.75, 3.05) is 0 Å². The molecule has 0 radical (unpaired) electrons. The Morgan fingerprint density at radius 3 is 2.79 bits per heavy atom. The van der Waals surface area contributed by atoms with Gasteiger partial charge in [-0.3, -0.25) is 23.6 Å². The zero-order chi connectivity index (χ0) is 20.7. The number of carbonyl (C=O) groups is 2. The highest BCUT2D eigenvalue weighted by atomic mass is 16.5. The van der Waals surface area contributed by atoms with Crippen LogP contribution in [0.4, 0.5) is 0 Å². The van der Waals surface area contributed by atoms with Crippen LogP contribution in [-0.4, -0.2) is 42.2 Å². The summed E-state index contributed by atoms with van der Waals surface area (Å²) in [5.74, 6) is -1.00. The van der Waals surface area contributed by atoms with Gasteiger partial charge in [-0.15, -0.1) is 0 Å². The summed E-state index contributed by atoms with van der Waals surface area (Å²) in [4.78, 5) is 45.0. The summed E-state index contributed by atoms with van der Waals surface area (Å²) >= 11 is 0. The maximum absolute atomic E-state index is 12.9. The molecule has 9 nitrogen and oxygen atoms in total. The van der Waals surface area contributed by atoms with E-state index in [0.717, 1.165) is 15.5 Å². The van der Waals surface area contributed by atoms with Crippen molar-refractivity contribution in [1.29, 1.82) is 0 Å². The molecule has 0 aliphatic rings. The molecule has 1 N–H and O–H groups in total. The van der Waals surface area contributed by atoms with Gasteiger partial charge in [-0.05, 0) is 19.9 Å². The standard InChI is InChI=1S/C20H19N5O4/c1-11-17(13-6-4-5-7-15(13)23-11)18(27)12(2)29-16(26)9-25-10-21-19-14(20(25)28)8-22-24(19)3/h4-8,10,12,23H,9H2,1-3H3. The SMILES string of the molecule is Cc1[nH]c2ccccc2c1C(=O)C(C)OC(=O)Cn1cnc2c(cnn2C)c1=O. The van der Waals surface area contributed by atoms with Crippen LogP contribution in [0.2, 0.25) is 0 Å². The van der Waals surface area contributed by atoms with Crippen LogP contribution in [0.15, 0.2) is 41.6 Å². The number of H-pyrrole nitrogens is 1. The third-order valence-corrected chi connectivity index (χ3v) is 4.84. The molecule has 29 heavy (non-hydrogen) atoms. The first-order valence-electron chi connectivity index (χ1n) is 9.05. The first-order chi connectivity index (χ1) is 13.9. The maximum Gasteiger partial charge on any atom is 0.326 e. The second-order valence-corrected chi connectivity index (χ2v) is 6.85. The van der Waals surface area contributed by atoms with Crippen molar-refractivity contribution in [3.05, 3.63) is 58.4 Å². The molecular weight excluding hydrogens is 374 g/mol. The molecule has 0 spiro atoms. The van der Waals surface area contributed by atoms with Crippen molar-refractivity contribution < 1.29 is 14.3 Å². The molecule has 0 amide bonds. The van der Waals surface area contributed by atoms with Crippen molar-refractivity contribution in [3.63, 3.8) is 0 Å². The molecule has 4 aromatic rings. The van der Waals surface area contributed by atoms with Crippen LogP contribution in [0.1, 0.15) is 23.0 Å². The number of ketones is 1. The van der Waals surface area contributed by atoms with Crippen molar-refractivity contribution in [2.24, 2.45) is 7.05 Å². The quantitative estimate of drug-likeness (QED) is 0.408. The van der Waals surface area contributed by atoms with Gasteiger partial charge in [0.15, 0.2) is 11.8 Å². The van der Waals surface area contributed by atoms with Crippen LogP contribution in [0.3, 0.4) is 0 Å². The van der Waals surface area contributed by atoms with Crippen molar-refractivity contribution in [2.45, 2.75) is 26.5 Å². The number of fused-ring (bicyclic) bond motifs is 2. The molecule has 148 valence electrons. The van der Waals surface area contributed by atoms with E-state index in [1.54, 1.807) is 14.0 Å². The van der Waals surface area contributed by atoms with Gasteiger partial charge in [0.1, 0.15) is 18.3 Å². The third kappa shape index (κ3) is 3.20. The van der Waals surface area contributed by atoms with E-state index >= 15 is 0 Å². The van der Waals surface area contributed by atoms with Gasteiger partial charge in [0, 0.05) is 29.2 Å². The van der Waals surface area contributed by atoms with E-state index in [9.17, 15) is 14.4 Å². The molecule has 4 rings (SSSR count). The topological polar surface area (TPSA) is 112 Å². The van der Waals surface area contributed by atoms with E-state index in [-0.39, 0.29) is 12.3 Å². The molecule has 9 heteroatoms. The summed E-state index contributed by atoms with van der Waals surface area (Å²) in [5, 5.41) is 5.07. The Hall–Kier alpha value is -3.75. The number of esters is 1. The monoisotopic (exact) mass is 393 g/mol. The number of hydrogen-bond donors (Lipinski definition) is 1. The van der Waals surface area contributed by atoms with Gasteiger partial charge in [-0.1, -0.05) is 18.2 Å². The Morgan fingerprint density at radius 2 is 2.00 bits per heavy atom. The van der Waals surface area contributed by atoms with E-state index in [2.05, 4.69) is 15.1 Å². The number of aromatic nitrogens is 5. The van der Waals surface area contributed by atoms with Crippen molar-refractivity contribution >= 4 is 33.7 Å². The van der Waals surface area contributed by atoms with Crippen molar-refractivity contribution in [3.8, 4) is 0 Å². The van der Waals surface area contributed by atoms with Crippen molar-refractivity contribution in [1.82, 2.24) is 24.3 Å². The molecule has 3 aromatic heterocycles. The molecule has 0 saturated heterocycles. The lowest BCUT2D eigenvalue weighted by molar-refractivity contribution is -0.147. The summed E-state index contributed by atoms with van der Waals surface area (Å²) in [7, 11) is 1.67. The van der Waals surface area contributed by atoms with E-state index in [0.29, 0.717) is 22.3 Å². The lowest BCUT2D eigenvalue weighted by atomic mass is 10.0. The van der Waals surface area contributed by atoms with Gasteiger partial charge < -0.3 is 9.72 Å². The highest BCUT2D eigenvalue weighted by molar-refractivity contribution is 6.11. The zero-order valence-electron chi connectivity index (χ0n) is 16.2. The van der Waals surface area contributed by atoms with Crippen LogP contribution in [-0.2, 0) is 23.1 Å². The Balaban J connectivity index is 1.52. The number of para-hydroxylation sites is 1. The summed E-state index contributed by atoms with van der Waals surface area (Å²) < 4.78 is 7.92. The Morgan fingerprint density at radius 1 is 1.24 bits per heavy atom. The summed E-state index contributed by atoms with van der Waals surface area (Å²) in [6, 6.07) is 7.44. The molecule has 1 atom stereocenters. The molecule has 1 unspecified atom stereocenters. The van der Waals surface area contributed by atoms with Gasteiger partial charge in [0.05, 0.1) is 6.20 Å². The molecular formula is C20H19N5O4. The number of ether oxygens (including phenoxy) is 1. The first-order valence-corrected chi connectivity index (χ1v) is 9.05. The predicted molar refractivity (Wildman–Crippen MR) is 106 cm³/mol. The number of hydrogen-bond acceptors (Lipinski definition) is 6. The summed E-state index contributed by atoms with van der Waals surface area (Å²) in [6.07, 6.45) is 1.67. The number of aromatic amines is 1. The molecule has 0 saturated carbocycles. The fourth-order valence-electron chi connectivity index (χ4n) is 3.40. The zero-order valence-corrected chi connectivity index (χ0v) is 16.2. The van der Waals surface area contributed by atoms with Crippen LogP contribution in [0.25, 0.3) is 21.9 Å². The molecule has 0 aliphatic carbocycles. The average molecular weight is 393 g/mol. The van der Waals surface area contributed by atoms with Crippen LogP contribution in [0.5, 0.6) is 0 Å². The second kappa shape index (κ2) is 7.01. The van der Waals surface area contributed by atoms with Gasteiger partial charge in [-0.25, -0.2) is 4.98 Å². The molecule has 0 bridgehead atoms. The van der Waals surface area contributed by atoms with Crippen LogP contribution < -0.4 is 5.56 Å². The number of nitrogens with one attached hydrogen (secondary N) is 1. The summed E-state index contributed by atoms with van der Waals surface area (Å²) in [6.45, 7) is 2.98.